The van der Waals surface area contributed by atoms with E-state index in [1.165, 1.54) is 23.1 Å². The largest absolute Gasteiger partial charge is 0.508 e. The Balaban J connectivity index is 1.91. The summed E-state index contributed by atoms with van der Waals surface area (Å²) in [5.41, 5.74) is 0.446. The molecule has 0 atom stereocenters. The molecule has 6 nitrogen and oxygen atoms in total. The molecular formula is C17H18N2O4. The topological polar surface area (TPSA) is 86.7 Å². The molecule has 2 fully saturated rings. The van der Waals surface area contributed by atoms with Crippen LogP contribution in [0.2, 0.25) is 0 Å². The molecule has 1 aromatic rings. The number of nitrogens with zero attached hydrogens (tertiary/aromatic N) is 1. The molecule has 0 bridgehead atoms. The van der Waals surface area contributed by atoms with Crippen LogP contribution in [0.15, 0.2) is 29.8 Å². The van der Waals surface area contributed by atoms with Crippen LogP contribution in [0.25, 0.3) is 6.08 Å². The van der Waals surface area contributed by atoms with Crippen LogP contribution in [0.4, 0.5) is 4.79 Å². The molecule has 23 heavy (non-hydrogen) atoms. The number of barbiturate groups is 1. The van der Waals surface area contributed by atoms with Crippen molar-refractivity contribution in [2.75, 3.05) is 0 Å². The number of nitrogens with one attached hydrogen (secondary N) is 1. The summed E-state index contributed by atoms with van der Waals surface area (Å²) in [5, 5.41) is 11.7. The average molecular weight is 314 g/mol. The summed E-state index contributed by atoms with van der Waals surface area (Å²) < 4.78 is 0. The Morgan fingerprint density at radius 3 is 2.57 bits per heavy atom. The van der Waals surface area contributed by atoms with E-state index >= 15 is 0 Å². The van der Waals surface area contributed by atoms with Gasteiger partial charge in [-0.15, -0.1) is 0 Å². The summed E-state index contributed by atoms with van der Waals surface area (Å²) in [4.78, 5) is 37.9. The normalized spacial score (nSPS) is 21.7. The second kappa shape index (κ2) is 6.24. The molecule has 3 rings (SSSR count). The lowest BCUT2D eigenvalue weighted by atomic mass is 9.93. The van der Waals surface area contributed by atoms with Crippen molar-refractivity contribution in [3.8, 4) is 5.75 Å². The Bertz CT molecular complexity index is 690. The highest BCUT2D eigenvalue weighted by molar-refractivity contribution is 6.31. The first-order valence-electron chi connectivity index (χ1n) is 7.76. The van der Waals surface area contributed by atoms with Gasteiger partial charge in [-0.2, -0.15) is 0 Å². The van der Waals surface area contributed by atoms with Crippen LogP contribution >= 0.6 is 0 Å². The van der Waals surface area contributed by atoms with E-state index in [2.05, 4.69) is 5.32 Å². The fraction of sp³-hybridized carbons (Fsp3) is 0.353. The van der Waals surface area contributed by atoms with E-state index < -0.39 is 17.8 Å². The van der Waals surface area contributed by atoms with Crippen molar-refractivity contribution in [3.63, 3.8) is 0 Å². The lowest BCUT2D eigenvalue weighted by Crippen LogP contribution is -2.58. The minimum atomic E-state index is -0.699. The number of phenolic OH excluding ortho intramolecular Hbond substituents is 1. The van der Waals surface area contributed by atoms with E-state index in [0.29, 0.717) is 5.56 Å². The van der Waals surface area contributed by atoms with Crippen molar-refractivity contribution in [2.24, 2.45) is 0 Å². The number of phenols is 1. The standard InChI is InChI=1S/C17H18N2O4/c20-13-8-4-5-11(9-13)10-14-15(21)18-17(23)19(16(14)22)12-6-2-1-3-7-12/h4-5,8-10,12,20H,1-3,6-7H2,(H,18,21,23)/b14-10+. The van der Waals surface area contributed by atoms with Gasteiger partial charge in [0.05, 0.1) is 0 Å². The lowest BCUT2D eigenvalue weighted by Gasteiger charge is -2.35. The molecule has 0 aromatic heterocycles. The van der Waals surface area contributed by atoms with Crippen LogP contribution in [0.5, 0.6) is 5.75 Å². The molecule has 4 amide bonds. The molecular weight excluding hydrogens is 296 g/mol. The second-order valence-electron chi connectivity index (χ2n) is 5.88. The van der Waals surface area contributed by atoms with Crippen molar-refractivity contribution in [1.29, 1.82) is 0 Å². The van der Waals surface area contributed by atoms with Crippen LogP contribution in [-0.2, 0) is 9.59 Å². The van der Waals surface area contributed by atoms with Crippen LogP contribution in [0.3, 0.4) is 0 Å². The third-order valence-corrected chi connectivity index (χ3v) is 4.25. The van der Waals surface area contributed by atoms with Crippen molar-refractivity contribution < 1.29 is 19.5 Å². The summed E-state index contributed by atoms with van der Waals surface area (Å²) in [5.74, 6) is -1.22. The summed E-state index contributed by atoms with van der Waals surface area (Å²) in [6.07, 6.45) is 5.99. The molecule has 1 aliphatic carbocycles. The van der Waals surface area contributed by atoms with Gasteiger partial charge in [-0.25, -0.2) is 4.79 Å². The van der Waals surface area contributed by atoms with Gasteiger partial charge in [0.2, 0.25) is 0 Å². The number of hydrogen-bond donors (Lipinski definition) is 2. The number of benzene rings is 1. The molecule has 1 aromatic carbocycles. The molecule has 1 saturated heterocycles. The van der Waals surface area contributed by atoms with Gasteiger partial charge in [0, 0.05) is 6.04 Å². The van der Waals surface area contributed by atoms with Gasteiger partial charge in [0.1, 0.15) is 11.3 Å². The first-order chi connectivity index (χ1) is 11.1. The Morgan fingerprint density at radius 1 is 1.13 bits per heavy atom. The van der Waals surface area contributed by atoms with Crippen molar-refractivity contribution >= 4 is 23.9 Å². The highest BCUT2D eigenvalue weighted by atomic mass is 16.3. The zero-order chi connectivity index (χ0) is 16.4. The van der Waals surface area contributed by atoms with E-state index in [-0.39, 0.29) is 17.4 Å². The van der Waals surface area contributed by atoms with Gasteiger partial charge < -0.3 is 5.11 Å². The highest BCUT2D eigenvalue weighted by Crippen LogP contribution is 2.26. The number of carbonyl (C=O) groups is 3. The van der Waals surface area contributed by atoms with Gasteiger partial charge in [0.25, 0.3) is 11.8 Å². The van der Waals surface area contributed by atoms with Gasteiger partial charge in [-0.05, 0) is 36.6 Å². The first-order valence-corrected chi connectivity index (χ1v) is 7.76. The van der Waals surface area contributed by atoms with Crippen molar-refractivity contribution in [3.05, 3.63) is 35.4 Å². The molecule has 0 unspecified atom stereocenters. The molecule has 1 heterocycles. The highest BCUT2D eigenvalue weighted by Gasteiger charge is 2.40. The molecule has 2 aliphatic rings. The molecule has 2 N–H and O–H groups in total. The van der Waals surface area contributed by atoms with E-state index in [0.717, 1.165) is 32.1 Å². The Kier molecular flexibility index (Phi) is 4.14. The zero-order valence-corrected chi connectivity index (χ0v) is 12.6. The Morgan fingerprint density at radius 2 is 1.87 bits per heavy atom. The predicted octanol–water partition coefficient (Wildman–Crippen LogP) is 2.19. The molecule has 120 valence electrons. The predicted molar refractivity (Wildman–Crippen MR) is 83.3 cm³/mol. The summed E-state index contributed by atoms with van der Waals surface area (Å²) >= 11 is 0. The molecule has 0 spiro atoms. The van der Waals surface area contributed by atoms with Gasteiger partial charge in [-0.1, -0.05) is 31.4 Å². The molecule has 1 aliphatic heterocycles. The Hall–Kier alpha value is -2.63. The fourth-order valence-electron chi connectivity index (χ4n) is 3.12. The number of hydrogen-bond acceptors (Lipinski definition) is 4. The van der Waals surface area contributed by atoms with Crippen LogP contribution < -0.4 is 5.32 Å². The summed E-state index contributed by atoms with van der Waals surface area (Å²) in [6.45, 7) is 0. The molecule has 6 heteroatoms. The SMILES string of the molecule is O=C1NC(=O)N(C2CCCCC2)C(=O)/C1=C/c1cccc(O)c1. The van der Waals surface area contributed by atoms with E-state index in [9.17, 15) is 19.5 Å². The monoisotopic (exact) mass is 314 g/mol. The molecule has 1 saturated carbocycles. The maximum atomic E-state index is 12.6. The maximum Gasteiger partial charge on any atom is 0.331 e. The summed E-state index contributed by atoms with van der Waals surface area (Å²) in [6, 6.07) is 5.46. The number of imide groups is 2. The minimum Gasteiger partial charge on any atom is -0.508 e. The number of carbonyl (C=O) groups excluding carboxylic acids is 3. The smallest absolute Gasteiger partial charge is 0.331 e. The maximum absolute atomic E-state index is 12.6. The first kappa shape index (κ1) is 15.3. The Labute approximate surface area is 133 Å². The van der Waals surface area contributed by atoms with Crippen LogP contribution in [0, 0.1) is 0 Å². The minimum absolute atomic E-state index is 0.0447. The van der Waals surface area contributed by atoms with Crippen molar-refractivity contribution in [2.45, 2.75) is 38.1 Å². The second-order valence-corrected chi connectivity index (χ2v) is 5.88. The van der Waals surface area contributed by atoms with Gasteiger partial charge in [-0.3, -0.25) is 19.8 Å². The summed E-state index contributed by atoms with van der Waals surface area (Å²) in [7, 11) is 0. The molecule has 0 radical (unpaired) electrons. The van der Waals surface area contributed by atoms with Crippen LogP contribution in [-0.4, -0.2) is 33.9 Å². The lowest BCUT2D eigenvalue weighted by molar-refractivity contribution is -0.132. The van der Waals surface area contributed by atoms with E-state index in [1.54, 1.807) is 12.1 Å². The van der Waals surface area contributed by atoms with Gasteiger partial charge in [0.15, 0.2) is 0 Å². The van der Waals surface area contributed by atoms with Crippen molar-refractivity contribution in [1.82, 2.24) is 10.2 Å². The van der Waals surface area contributed by atoms with E-state index in [4.69, 9.17) is 0 Å². The quantitative estimate of drug-likeness (QED) is 0.647. The average Bonchev–Trinajstić information content (AvgIpc) is 2.52. The zero-order valence-electron chi connectivity index (χ0n) is 12.6. The third kappa shape index (κ3) is 3.11. The van der Waals surface area contributed by atoms with Gasteiger partial charge >= 0.3 is 6.03 Å². The fourth-order valence-corrected chi connectivity index (χ4v) is 3.12. The number of urea groups is 1. The number of aromatic hydroxyl groups is 1. The number of amides is 4. The number of rotatable bonds is 2. The third-order valence-electron chi connectivity index (χ3n) is 4.25. The van der Waals surface area contributed by atoms with E-state index in [1.807, 2.05) is 0 Å². The van der Waals surface area contributed by atoms with Crippen LogP contribution in [0.1, 0.15) is 37.7 Å².